The van der Waals surface area contributed by atoms with E-state index in [0.717, 1.165) is 63.0 Å². The zero-order chi connectivity index (χ0) is 33.0. The van der Waals surface area contributed by atoms with Crippen LogP contribution < -0.4 is 11.1 Å². The third-order valence-electron chi connectivity index (χ3n) is 10.8. The number of thiophene rings is 1. The molecule has 2 N–H and O–H groups in total. The summed E-state index contributed by atoms with van der Waals surface area (Å²) in [5.41, 5.74) is 5.69. The van der Waals surface area contributed by atoms with Gasteiger partial charge in [-0.1, -0.05) is 18.2 Å². The predicted molar refractivity (Wildman–Crippen MR) is 179 cm³/mol. The predicted octanol–water partition coefficient (Wildman–Crippen LogP) is 6.94. The highest BCUT2D eigenvalue weighted by molar-refractivity contribution is 7.23. The number of aryl methyl sites for hydroxylation is 3. The molecule has 1 atom stereocenters. The number of aromatic amines is 1. The average Bonchev–Trinajstić information content (AvgIpc) is 3.93. The van der Waals surface area contributed by atoms with Crippen LogP contribution in [0.3, 0.4) is 0 Å². The average molecular weight is 675 g/mol. The lowest BCUT2D eigenvalue weighted by Gasteiger charge is -2.37. The summed E-state index contributed by atoms with van der Waals surface area (Å²) in [6, 6.07) is 15.3. The molecule has 0 radical (unpaired) electrons. The number of halogens is 2. The number of H-pyrrole nitrogens is 1. The molecular weight excluding hydrogens is 647 g/mol. The van der Waals surface area contributed by atoms with Crippen molar-refractivity contribution in [2.75, 3.05) is 11.9 Å². The number of carbonyl (C=O) groups excluding carboxylic acids is 1. The summed E-state index contributed by atoms with van der Waals surface area (Å²) in [5.74, 6) is -0.0727. The van der Waals surface area contributed by atoms with Gasteiger partial charge < -0.3 is 14.6 Å². The van der Waals surface area contributed by atoms with Crippen LogP contribution in [-0.2, 0) is 24.8 Å². The van der Waals surface area contributed by atoms with Crippen molar-refractivity contribution >= 4 is 33.1 Å². The Hall–Kier alpha value is -5.23. The molecule has 12 heteroatoms. The van der Waals surface area contributed by atoms with Gasteiger partial charge in [-0.2, -0.15) is 0 Å². The van der Waals surface area contributed by atoms with Gasteiger partial charge in [-0.15, -0.1) is 16.4 Å². The van der Waals surface area contributed by atoms with E-state index in [1.165, 1.54) is 29.5 Å². The van der Waals surface area contributed by atoms with Crippen LogP contribution in [0.1, 0.15) is 63.7 Å². The van der Waals surface area contributed by atoms with Crippen LogP contribution in [-0.4, -0.2) is 37.5 Å². The van der Waals surface area contributed by atoms with Gasteiger partial charge in [0.1, 0.15) is 17.5 Å². The van der Waals surface area contributed by atoms with E-state index in [1.807, 2.05) is 17.0 Å². The summed E-state index contributed by atoms with van der Waals surface area (Å²) < 4.78 is 34.2. The zero-order valence-electron chi connectivity index (χ0n) is 26.1. The van der Waals surface area contributed by atoms with Crippen molar-refractivity contribution in [3.05, 3.63) is 117 Å². The smallest absolute Gasteiger partial charge is 0.388 e. The molecule has 2 aromatic carbocycles. The number of fused-ring (bicyclic) bond motifs is 3. The Morgan fingerprint density at radius 1 is 1.00 bits per heavy atom. The van der Waals surface area contributed by atoms with Gasteiger partial charge in [0.15, 0.2) is 0 Å². The molecule has 2 aliphatic carbocycles. The molecule has 6 aromatic rings. The van der Waals surface area contributed by atoms with Crippen molar-refractivity contribution in [3.8, 4) is 21.9 Å². The topological polar surface area (TPSA) is 117 Å². The van der Waals surface area contributed by atoms with Crippen LogP contribution in [0.2, 0.25) is 0 Å². The summed E-state index contributed by atoms with van der Waals surface area (Å²) in [4.78, 5) is 39.4. The molecule has 244 valence electrons. The van der Waals surface area contributed by atoms with E-state index >= 15 is 0 Å². The van der Waals surface area contributed by atoms with Gasteiger partial charge in [0.05, 0.1) is 38.8 Å². The number of anilines is 1. The minimum Gasteiger partial charge on any atom is -0.388 e. The van der Waals surface area contributed by atoms with E-state index in [2.05, 4.69) is 21.6 Å². The fourth-order valence-electron chi connectivity index (χ4n) is 8.59. The first-order valence-corrected chi connectivity index (χ1v) is 17.3. The molecule has 9 nitrogen and oxygen atoms in total. The number of nitrogens with zero attached hydrogens (tertiary/aromatic N) is 4. The van der Waals surface area contributed by atoms with Crippen LogP contribution in [0.25, 0.3) is 32.0 Å². The summed E-state index contributed by atoms with van der Waals surface area (Å²) in [5, 5.41) is 11.2. The first kappa shape index (κ1) is 28.8. The summed E-state index contributed by atoms with van der Waals surface area (Å²) in [6.45, 7) is 0.698. The molecule has 3 aliphatic heterocycles. The third kappa shape index (κ3) is 4.29. The Labute approximate surface area is 282 Å². The molecule has 1 saturated carbocycles. The molecular formula is C37H28F2N6O3S. The largest absolute Gasteiger partial charge is 0.434 e. The fraction of sp³-hybridized carbons (Fsp3) is 0.270. The van der Waals surface area contributed by atoms with Crippen molar-refractivity contribution < 1.29 is 18.0 Å². The molecule has 7 heterocycles. The molecule has 4 aromatic heterocycles. The van der Waals surface area contributed by atoms with Crippen LogP contribution in [0.4, 0.5) is 14.6 Å². The number of hydrogen-bond acceptors (Lipinski definition) is 8. The summed E-state index contributed by atoms with van der Waals surface area (Å²) in [6.07, 6.45) is 6.12. The standard InChI is InChI=1S/C37H28F2N6O3S/c38-22-5-1-18(2-6-22)3-9-26-28(34-43-44-36(47)48-34)29(30-32(41-26)37-15-19(16-37)17-45(37)35(30)46)27-14-21-11-12-40-33(31(21)49-27)42-25-10-4-20-13-23(39)7-8-24(20)25/h1-2,5-8,11-14,19,25H,3-4,9-10,15-17H2,(H,40,42)(H,44,47)/t19?,25-,37?/m0/s1. The van der Waals surface area contributed by atoms with Crippen molar-refractivity contribution in [2.45, 2.75) is 50.1 Å². The minimum atomic E-state index is -0.706. The Bertz CT molecular complexity index is 2410. The highest BCUT2D eigenvalue weighted by atomic mass is 32.1. The van der Waals surface area contributed by atoms with Gasteiger partial charge in [0.25, 0.3) is 11.8 Å². The number of carbonyl (C=O) groups is 1. The molecule has 3 fully saturated rings. The number of pyridine rings is 2. The van der Waals surface area contributed by atoms with Gasteiger partial charge in [-0.3, -0.25) is 9.78 Å². The normalized spacial score (nSPS) is 21.6. The van der Waals surface area contributed by atoms with E-state index in [9.17, 15) is 18.4 Å². The lowest BCUT2D eigenvalue weighted by atomic mass is 9.71. The molecule has 1 amide bonds. The Kier molecular flexibility index (Phi) is 6.09. The minimum absolute atomic E-state index is 0.0178. The van der Waals surface area contributed by atoms with E-state index in [4.69, 9.17) is 14.4 Å². The Balaban J connectivity index is 1.15. The van der Waals surface area contributed by atoms with Gasteiger partial charge in [-0.25, -0.2) is 23.7 Å². The number of hydrogen-bond donors (Lipinski definition) is 2. The Morgan fingerprint density at radius 2 is 1.84 bits per heavy atom. The number of aromatic nitrogens is 4. The second kappa shape index (κ2) is 10.4. The molecule has 11 rings (SSSR count). The Morgan fingerprint density at radius 3 is 2.65 bits per heavy atom. The van der Waals surface area contributed by atoms with Gasteiger partial charge in [0, 0.05) is 23.2 Å². The van der Waals surface area contributed by atoms with Crippen LogP contribution >= 0.6 is 11.3 Å². The fourth-order valence-corrected chi connectivity index (χ4v) is 9.76. The third-order valence-corrected chi connectivity index (χ3v) is 11.9. The first-order valence-electron chi connectivity index (χ1n) is 16.5. The summed E-state index contributed by atoms with van der Waals surface area (Å²) in [7, 11) is 0. The van der Waals surface area contributed by atoms with Crippen molar-refractivity contribution in [1.82, 2.24) is 25.1 Å². The molecule has 1 spiro atoms. The first-order chi connectivity index (χ1) is 23.8. The maximum absolute atomic E-state index is 14.4. The van der Waals surface area contributed by atoms with Gasteiger partial charge in [0.2, 0.25) is 0 Å². The molecule has 2 bridgehead atoms. The highest BCUT2D eigenvalue weighted by Gasteiger charge is 2.65. The van der Waals surface area contributed by atoms with Gasteiger partial charge in [-0.05, 0) is 103 Å². The van der Waals surface area contributed by atoms with E-state index in [-0.39, 0.29) is 29.5 Å². The maximum atomic E-state index is 14.4. The van der Waals surface area contributed by atoms with Crippen molar-refractivity contribution in [3.63, 3.8) is 0 Å². The van der Waals surface area contributed by atoms with E-state index in [0.29, 0.717) is 53.5 Å². The lowest BCUT2D eigenvalue weighted by Crippen LogP contribution is -2.40. The monoisotopic (exact) mass is 674 g/mol. The summed E-state index contributed by atoms with van der Waals surface area (Å²) >= 11 is 1.51. The van der Waals surface area contributed by atoms with E-state index in [1.54, 1.807) is 24.4 Å². The van der Waals surface area contributed by atoms with Crippen LogP contribution in [0.15, 0.2) is 70.0 Å². The lowest BCUT2D eigenvalue weighted by molar-refractivity contribution is 0.0637. The van der Waals surface area contributed by atoms with Crippen LogP contribution in [0.5, 0.6) is 0 Å². The molecule has 0 unspecified atom stereocenters. The second-order valence-corrected chi connectivity index (χ2v) is 14.6. The molecule has 49 heavy (non-hydrogen) atoms. The van der Waals surface area contributed by atoms with E-state index < -0.39 is 11.3 Å². The van der Waals surface area contributed by atoms with Crippen molar-refractivity contribution in [1.29, 1.82) is 0 Å². The molecule has 5 aliphatic rings. The highest BCUT2D eigenvalue weighted by Crippen LogP contribution is 2.63. The number of amides is 1. The van der Waals surface area contributed by atoms with Crippen molar-refractivity contribution in [2.24, 2.45) is 5.92 Å². The number of rotatable bonds is 7. The SMILES string of the molecule is O=C1c2c(nc(CCc3ccc(F)cc3)c(-c3n[nH]c(=O)o3)c2-c2cc3ccnc(N[C@H]4CCc5cc(F)ccc54)c3s2)C23CC(CN12)C3. The maximum Gasteiger partial charge on any atom is 0.434 e. The zero-order valence-corrected chi connectivity index (χ0v) is 26.9. The van der Waals surface area contributed by atoms with Gasteiger partial charge >= 0.3 is 5.76 Å². The number of benzene rings is 2. The molecule has 2 saturated heterocycles. The quantitative estimate of drug-likeness (QED) is 0.189. The van der Waals surface area contributed by atoms with Crippen LogP contribution in [0, 0.1) is 17.6 Å². The number of nitrogens with one attached hydrogen (secondary N) is 2. The second-order valence-electron chi connectivity index (χ2n) is 13.6.